The molecule has 3 aromatic carbocycles. The number of urea groups is 1. The molecule has 0 radical (unpaired) electrons. The Hall–Kier alpha value is -3.53. The van der Waals surface area contributed by atoms with Crippen LogP contribution >= 0.6 is 0 Å². The maximum Gasteiger partial charge on any atom is 0.322 e. The molecule has 1 aliphatic heterocycles. The monoisotopic (exact) mass is 381 g/mol. The zero-order valence-corrected chi connectivity index (χ0v) is 16.4. The van der Waals surface area contributed by atoms with Crippen molar-refractivity contribution in [2.24, 2.45) is 0 Å². The van der Waals surface area contributed by atoms with E-state index in [1.165, 1.54) is 16.5 Å². The molecule has 1 unspecified atom stereocenters. The van der Waals surface area contributed by atoms with Gasteiger partial charge in [0.05, 0.1) is 6.04 Å². The second kappa shape index (κ2) is 7.13. The van der Waals surface area contributed by atoms with Crippen LogP contribution in [0.1, 0.15) is 28.4 Å². The molecule has 144 valence electrons. The van der Waals surface area contributed by atoms with Crippen LogP contribution in [0.15, 0.2) is 78.9 Å². The van der Waals surface area contributed by atoms with Gasteiger partial charge in [-0.2, -0.15) is 0 Å². The van der Waals surface area contributed by atoms with E-state index in [1.54, 1.807) is 0 Å². The largest absolute Gasteiger partial charge is 0.356 e. The van der Waals surface area contributed by atoms with Crippen LogP contribution in [0.2, 0.25) is 0 Å². The number of amides is 2. The van der Waals surface area contributed by atoms with Gasteiger partial charge in [0.25, 0.3) is 0 Å². The van der Waals surface area contributed by atoms with Crippen molar-refractivity contribution in [3.63, 3.8) is 0 Å². The quantitative estimate of drug-likeness (QED) is 0.463. The number of anilines is 1. The van der Waals surface area contributed by atoms with Gasteiger partial charge < -0.3 is 15.2 Å². The first-order valence-corrected chi connectivity index (χ1v) is 9.99. The summed E-state index contributed by atoms with van der Waals surface area (Å²) >= 11 is 0. The summed E-state index contributed by atoms with van der Waals surface area (Å²) in [5.74, 6) is 0. The smallest absolute Gasteiger partial charge is 0.322 e. The zero-order valence-electron chi connectivity index (χ0n) is 16.4. The van der Waals surface area contributed by atoms with E-state index in [9.17, 15) is 4.79 Å². The lowest BCUT2D eigenvalue weighted by Crippen LogP contribution is -2.43. The van der Waals surface area contributed by atoms with Crippen molar-refractivity contribution < 1.29 is 4.79 Å². The number of aromatic nitrogens is 1. The molecule has 29 heavy (non-hydrogen) atoms. The maximum atomic E-state index is 13.2. The Bertz CT molecular complexity index is 1160. The molecule has 0 saturated carbocycles. The van der Waals surface area contributed by atoms with Gasteiger partial charge in [-0.3, -0.25) is 0 Å². The number of fused-ring (bicyclic) bond motifs is 3. The van der Waals surface area contributed by atoms with Crippen LogP contribution in [0.25, 0.3) is 10.9 Å². The summed E-state index contributed by atoms with van der Waals surface area (Å²) in [6, 6.07) is 26.3. The van der Waals surface area contributed by atoms with E-state index < -0.39 is 0 Å². The summed E-state index contributed by atoms with van der Waals surface area (Å²) in [4.78, 5) is 18.8. The number of aryl methyl sites for hydroxylation is 1. The maximum absolute atomic E-state index is 13.2. The van der Waals surface area contributed by atoms with Crippen molar-refractivity contribution in [3.8, 4) is 0 Å². The van der Waals surface area contributed by atoms with Crippen LogP contribution in [0.3, 0.4) is 0 Å². The summed E-state index contributed by atoms with van der Waals surface area (Å²) < 4.78 is 0. The van der Waals surface area contributed by atoms with Gasteiger partial charge in [0.2, 0.25) is 0 Å². The van der Waals surface area contributed by atoms with Gasteiger partial charge in [0, 0.05) is 28.8 Å². The Labute approximate surface area is 170 Å². The Morgan fingerprint density at radius 2 is 1.69 bits per heavy atom. The first-order valence-electron chi connectivity index (χ1n) is 9.99. The van der Waals surface area contributed by atoms with Gasteiger partial charge in [0.15, 0.2) is 0 Å². The van der Waals surface area contributed by atoms with Crippen molar-refractivity contribution in [1.29, 1.82) is 0 Å². The van der Waals surface area contributed by atoms with E-state index in [2.05, 4.69) is 59.7 Å². The molecule has 0 bridgehead atoms. The molecule has 4 heteroatoms. The molecule has 5 rings (SSSR count). The minimum Gasteiger partial charge on any atom is -0.356 e. The predicted octanol–water partition coefficient (Wildman–Crippen LogP) is 5.66. The van der Waals surface area contributed by atoms with Crippen molar-refractivity contribution in [3.05, 3.63) is 101 Å². The zero-order chi connectivity index (χ0) is 19.8. The highest BCUT2D eigenvalue weighted by Gasteiger charge is 2.34. The fraction of sp³-hybridized carbons (Fsp3) is 0.160. The third-order valence-corrected chi connectivity index (χ3v) is 5.71. The molecule has 4 nitrogen and oxygen atoms in total. The minimum absolute atomic E-state index is 0.0777. The molecule has 2 amide bonds. The van der Waals surface area contributed by atoms with Crippen molar-refractivity contribution in [2.45, 2.75) is 19.4 Å². The molecular formula is C25H23N3O. The summed E-state index contributed by atoms with van der Waals surface area (Å²) in [6.45, 7) is 2.75. The van der Waals surface area contributed by atoms with Crippen LogP contribution in [0.4, 0.5) is 10.5 Å². The van der Waals surface area contributed by atoms with Crippen LogP contribution in [-0.4, -0.2) is 22.5 Å². The SMILES string of the molecule is Cc1ccc(C2c3[nH]c4ccccc4c3CCN2C(=O)Nc2ccccc2)cc1. The normalized spacial score (nSPS) is 15.9. The van der Waals surface area contributed by atoms with Crippen molar-refractivity contribution in [2.75, 3.05) is 11.9 Å². The van der Waals surface area contributed by atoms with Gasteiger partial charge >= 0.3 is 6.03 Å². The molecule has 1 aromatic heterocycles. The predicted molar refractivity (Wildman–Crippen MR) is 117 cm³/mol. The Kier molecular flexibility index (Phi) is 4.32. The number of rotatable bonds is 2. The van der Waals surface area contributed by atoms with Gasteiger partial charge in [-0.15, -0.1) is 0 Å². The highest BCUT2D eigenvalue weighted by Crippen LogP contribution is 2.38. The highest BCUT2D eigenvalue weighted by atomic mass is 16.2. The number of nitrogens with one attached hydrogen (secondary N) is 2. The molecule has 2 N–H and O–H groups in total. The number of carbonyl (C=O) groups excluding carboxylic acids is 1. The Morgan fingerprint density at radius 3 is 2.48 bits per heavy atom. The third-order valence-electron chi connectivity index (χ3n) is 5.71. The van der Waals surface area contributed by atoms with Gasteiger partial charge in [-0.1, -0.05) is 66.2 Å². The number of carbonyl (C=O) groups is 1. The number of hydrogen-bond acceptors (Lipinski definition) is 1. The third kappa shape index (κ3) is 3.17. The Morgan fingerprint density at radius 1 is 0.966 bits per heavy atom. The van der Waals surface area contributed by atoms with E-state index in [4.69, 9.17) is 0 Å². The number of H-pyrrole nitrogens is 1. The van der Waals surface area contributed by atoms with Crippen LogP contribution in [0, 0.1) is 6.92 Å². The number of nitrogens with zero attached hydrogens (tertiary/aromatic N) is 1. The van der Waals surface area contributed by atoms with E-state index in [0.29, 0.717) is 6.54 Å². The standard InChI is InChI=1S/C25H23N3O/c1-17-11-13-18(14-12-17)24-23-21(20-9-5-6-10-22(20)27-23)15-16-28(24)25(29)26-19-7-3-2-4-8-19/h2-14,24,27H,15-16H2,1H3,(H,26,29). The number of aromatic amines is 1. The fourth-order valence-electron chi connectivity index (χ4n) is 4.27. The summed E-state index contributed by atoms with van der Waals surface area (Å²) in [6.07, 6.45) is 0.837. The summed E-state index contributed by atoms with van der Waals surface area (Å²) in [5, 5.41) is 4.31. The first kappa shape index (κ1) is 17.6. The minimum atomic E-state index is -0.143. The van der Waals surface area contributed by atoms with Crippen LogP contribution in [-0.2, 0) is 6.42 Å². The van der Waals surface area contributed by atoms with Crippen LogP contribution in [0.5, 0.6) is 0 Å². The second-order valence-corrected chi connectivity index (χ2v) is 7.62. The van der Waals surface area contributed by atoms with Crippen molar-refractivity contribution in [1.82, 2.24) is 9.88 Å². The molecular weight excluding hydrogens is 358 g/mol. The average molecular weight is 381 g/mol. The van der Waals surface area contributed by atoms with Crippen molar-refractivity contribution >= 4 is 22.6 Å². The molecule has 1 aliphatic rings. The van der Waals surface area contributed by atoms with Gasteiger partial charge in [0.1, 0.15) is 0 Å². The Balaban J connectivity index is 1.59. The molecule has 1 atom stereocenters. The molecule has 0 aliphatic carbocycles. The first-order chi connectivity index (χ1) is 14.2. The molecule has 4 aromatic rings. The van der Waals surface area contributed by atoms with E-state index >= 15 is 0 Å². The summed E-state index contributed by atoms with van der Waals surface area (Å²) in [7, 11) is 0. The molecule has 0 saturated heterocycles. The molecule has 2 heterocycles. The van der Waals surface area contributed by atoms with E-state index in [-0.39, 0.29) is 12.1 Å². The lowest BCUT2D eigenvalue weighted by Gasteiger charge is -2.36. The topological polar surface area (TPSA) is 48.1 Å². The molecule has 0 spiro atoms. The number of benzene rings is 3. The lowest BCUT2D eigenvalue weighted by atomic mass is 9.92. The van der Waals surface area contributed by atoms with Gasteiger partial charge in [-0.05, 0) is 42.7 Å². The second-order valence-electron chi connectivity index (χ2n) is 7.62. The number of para-hydroxylation sites is 2. The number of hydrogen-bond donors (Lipinski definition) is 2. The van der Waals surface area contributed by atoms with E-state index in [1.807, 2.05) is 41.3 Å². The fourth-order valence-corrected chi connectivity index (χ4v) is 4.27. The lowest BCUT2D eigenvalue weighted by molar-refractivity contribution is 0.193. The summed E-state index contributed by atoms with van der Waals surface area (Å²) in [5.41, 5.74) is 6.69. The van der Waals surface area contributed by atoms with E-state index in [0.717, 1.165) is 28.9 Å². The molecule has 0 fully saturated rings. The average Bonchev–Trinajstić information content (AvgIpc) is 3.13. The van der Waals surface area contributed by atoms with Gasteiger partial charge in [-0.25, -0.2) is 4.79 Å². The van der Waals surface area contributed by atoms with Crippen LogP contribution < -0.4 is 5.32 Å². The highest BCUT2D eigenvalue weighted by molar-refractivity contribution is 5.91.